The van der Waals surface area contributed by atoms with Crippen molar-refractivity contribution in [2.75, 3.05) is 7.11 Å². The minimum Gasteiger partial charge on any atom is -0.453 e. The predicted octanol–water partition coefficient (Wildman–Crippen LogP) is 2.99. The first-order valence-corrected chi connectivity index (χ1v) is 10.8. The van der Waals surface area contributed by atoms with Gasteiger partial charge in [-0.05, 0) is 51.7 Å². The highest BCUT2D eigenvalue weighted by Gasteiger charge is 2.67. The van der Waals surface area contributed by atoms with E-state index >= 15 is 0 Å². The maximum atomic E-state index is 12.0. The maximum absolute atomic E-state index is 12.0. The number of carbonyl (C=O) groups excluding carboxylic acids is 1. The first-order valence-electron chi connectivity index (χ1n) is 7.43. The Balaban J connectivity index is 1.80. The molecule has 3 rings (SSSR count). The number of ether oxygens (including phenoxy) is 1. The largest absolute Gasteiger partial charge is 0.453 e. The Bertz CT molecular complexity index is 395. The van der Waals surface area contributed by atoms with Crippen LogP contribution in [0.1, 0.15) is 32.1 Å². The van der Waals surface area contributed by atoms with E-state index in [0.29, 0.717) is 18.0 Å². The molecule has 0 spiro atoms. The summed E-state index contributed by atoms with van der Waals surface area (Å²) in [6.07, 6.45) is 5.49. The molecular formula is C14H25NO3Si. The lowest BCUT2D eigenvalue weighted by Gasteiger charge is -2.48. The molecule has 2 saturated heterocycles. The van der Waals surface area contributed by atoms with Gasteiger partial charge in [-0.1, -0.05) is 0 Å². The second kappa shape index (κ2) is 4.22. The van der Waals surface area contributed by atoms with Crippen molar-refractivity contribution in [3.8, 4) is 0 Å². The highest BCUT2D eigenvalue weighted by atomic mass is 28.4. The third-order valence-corrected chi connectivity index (χ3v) is 5.83. The molecule has 1 aliphatic carbocycles. The third-order valence-electron chi connectivity index (χ3n) is 4.81. The predicted molar refractivity (Wildman–Crippen MR) is 75.6 cm³/mol. The first-order chi connectivity index (χ1) is 8.86. The average molecular weight is 283 g/mol. The minimum absolute atomic E-state index is 0.102. The van der Waals surface area contributed by atoms with Gasteiger partial charge in [0, 0.05) is 18.0 Å². The van der Waals surface area contributed by atoms with Crippen LogP contribution in [0.15, 0.2) is 0 Å². The van der Waals surface area contributed by atoms with Crippen molar-refractivity contribution in [3.63, 3.8) is 0 Å². The number of carbonyl (C=O) groups is 1. The molecule has 108 valence electrons. The van der Waals surface area contributed by atoms with E-state index < -0.39 is 8.32 Å². The van der Waals surface area contributed by atoms with Gasteiger partial charge in [0.05, 0.1) is 12.7 Å². The van der Waals surface area contributed by atoms with Crippen LogP contribution in [0.2, 0.25) is 19.6 Å². The fourth-order valence-electron chi connectivity index (χ4n) is 4.30. The summed E-state index contributed by atoms with van der Waals surface area (Å²) in [4.78, 5) is 14.0. The Kier molecular flexibility index (Phi) is 2.98. The van der Waals surface area contributed by atoms with Crippen LogP contribution in [-0.4, -0.2) is 44.1 Å². The molecule has 3 fully saturated rings. The monoisotopic (exact) mass is 283 g/mol. The number of nitrogens with zero attached hydrogens (tertiary/aromatic N) is 1. The quantitative estimate of drug-likeness (QED) is 0.731. The topological polar surface area (TPSA) is 38.8 Å². The Morgan fingerprint density at radius 2 is 2.00 bits per heavy atom. The summed E-state index contributed by atoms with van der Waals surface area (Å²) in [5.74, 6) is 0.551. The molecule has 3 aliphatic rings. The van der Waals surface area contributed by atoms with Gasteiger partial charge < -0.3 is 14.1 Å². The fourth-order valence-corrected chi connectivity index (χ4v) is 5.84. The molecule has 5 heteroatoms. The van der Waals surface area contributed by atoms with Crippen LogP contribution < -0.4 is 0 Å². The van der Waals surface area contributed by atoms with Gasteiger partial charge in [0.15, 0.2) is 8.32 Å². The molecule has 1 amide bonds. The third kappa shape index (κ3) is 2.21. The number of hydrogen-bond donors (Lipinski definition) is 0. The second-order valence-electron chi connectivity index (χ2n) is 7.32. The molecule has 0 radical (unpaired) electrons. The summed E-state index contributed by atoms with van der Waals surface area (Å²) in [6.45, 7) is 6.79. The van der Waals surface area contributed by atoms with Gasteiger partial charge in [0.25, 0.3) is 0 Å². The summed E-state index contributed by atoms with van der Waals surface area (Å²) >= 11 is 0. The van der Waals surface area contributed by atoms with E-state index in [9.17, 15) is 4.79 Å². The molecule has 0 aromatic rings. The first kappa shape index (κ1) is 13.4. The Morgan fingerprint density at radius 1 is 1.26 bits per heavy atom. The highest BCUT2D eigenvalue weighted by Crippen LogP contribution is 2.61. The van der Waals surface area contributed by atoms with Crippen molar-refractivity contribution in [2.24, 2.45) is 5.92 Å². The summed E-state index contributed by atoms with van der Waals surface area (Å²) < 4.78 is 11.5. The second-order valence-corrected chi connectivity index (χ2v) is 11.8. The Hall–Kier alpha value is -0.553. The van der Waals surface area contributed by atoms with Crippen LogP contribution >= 0.6 is 0 Å². The molecule has 2 bridgehead atoms. The van der Waals surface area contributed by atoms with Crippen LogP contribution in [-0.2, 0) is 9.16 Å². The molecule has 0 aromatic heterocycles. The summed E-state index contributed by atoms with van der Waals surface area (Å²) in [5, 5.41) is 0. The highest BCUT2D eigenvalue weighted by molar-refractivity contribution is 6.69. The van der Waals surface area contributed by atoms with E-state index in [4.69, 9.17) is 9.16 Å². The van der Waals surface area contributed by atoms with Crippen LogP contribution in [0.3, 0.4) is 0 Å². The smallest absolute Gasteiger partial charge is 0.409 e. The van der Waals surface area contributed by atoms with E-state index in [0.717, 1.165) is 25.7 Å². The van der Waals surface area contributed by atoms with E-state index in [1.807, 2.05) is 4.90 Å². The van der Waals surface area contributed by atoms with Crippen LogP contribution in [0, 0.1) is 5.92 Å². The van der Waals surface area contributed by atoms with Crippen LogP contribution in [0.5, 0.6) is 0 Å². The van der Waals surface area contributed by atoms with Gasteiger partial charge in [-0.2, -0.15) is 0 Å². The molecule has 0 N–H and O–H groups in total. The van der Waals surface area contributed by atoms with Gasteiger partial charge in [-0.15, -0.1) is 0 Å². The van der Waals surface area contributed by atoms with E-state index in [2.05, 4.69) is 19.6 Å². The molecule has 4 atom stereocenters. The normalized spacial score (nSPS) is 40.6. The zero-order valence-corrected chi connectivity index (χ0v) is 13.4. The van der Waals surface area contributed by atoms with Crippen molar-refractivity contribution in [1.82, 2.24) is 4.90 Å². The van der Waals surface area contributed by atoms with Crippen molar-refractivity contribution in [1.29, 1.82) is 0 Å². The van der Waals surface area contributed by atoms with Gasteiger partial charge in [0.1, 0.15) is 0 Å². The standard InChI is InChI=1S/C14H25NO3Si/c1-17-13(16)15-10-6-5-7-12(15)11-9-14(11,8-10)18-19(2,3)4/h10-12H,5-9H2,1-4H3. The molecule has 1 saturated carbocycles. The van der Waals surface area contributed by atoms with Gasteiger partial charge in [0.2, 0.25) is 0 Å². The number of methoxy groups -OCH3 is 1. The molecule has 19 heavy (non-hydrogen) atoms. The summed E-state index contributed by atoms with van der Waals surface area (Å²) in [6, 6.07) is 0.692. The summed E-state index contributed by atoms with van der Waals surface area (Å²) in [7, 11) is -0.0239. The molecule has 2 heterocycles. The average Bonchev–Trinajstić information content (AvgIpc) is 2.98. The number of piperidine rings is 2. The van der Waals surface area contributed by atoms with Crippen molar-refractivity contribution in [3.05, 3.63) is 0 Å². The Morgan fingerprint density at radius 3 is 2.63 bits per heavy atom. The lowest BCUT2D eigenvalue weighted by Crippen LogP contribution is -2.58. The SMILES string of the molecule is COC(=O)N1C2CCCC1C1CC1(O[Si](C)(C)C)C2. The number of hydrogen-bond acceptors (Lipinski definition) is 3. The molecule has 0 aromatic carbocycles. The maximum Gasteiger partial charge on any atom is 0.409 e. The van der Waals surface area contributed by atoms with E-state index in [-0.39, 0.29) is 11.7 Å². The van der Waals surface area contributed by atoms with Crippen LogP contribution in [0.25, 0.3) is 0 Å². The number of amides is 1. The van der Waals surface area contributed by atoms with E-state index in [1.165, 1.54) is 13.5 Å². The fraction of sp³-hybridized carbons (Fsp3) is 0.929. The lowest BCUT2D eigenvalue weighted by atomic mass is 9.83. The minimum atomic E-state index is -1.52. The van der Waals surface area contributed by atoms with Crippen LogP contribution in [0.4, 0.5) is 4.79 Å². The molecular weight excluding hydrogens is 258 g/mol. The molecule has 4 nitrogen and oxygen atoms in total. The van der Waals surface area contributed by atoms with Gasteiger partial charge in [-0.3, -0.25) is 0 Å². The van der Waals surface area contributed by atoms with Crippen molar-refractivity contribution < 1.29 is 14.0 Å². The van der Waals surface area contributed by atoms with Crippen molar-refractivity contribution in [2.45, 2.75) is 69.4 Å². The molecule has 4 unspecified atom stereocenters. The zero-order chi connectivity index (χ0) is 13.8. The zero-order valence-electron chi connectivity index (χ0n) is 12.4. The van der Waals surface area contributed by atoms with Gasteiger partial charge in [-0.25, -0.2) is 4.79 Å². The van der Waals surface area contributed by atoms with Crippen molar-refractivity contribution >= 4 is 14.4 Å². The van der Waals surface area contributed by atoms with E-state index in [1.54, 1.807) is 0 Å². The Labute approximate surface area is 116 Å². The molecule has 2 aliphatic heterocycles. The van der Waals surface area contributed by atoms with Gasteiger partial charge >= 0.3 is 6.09 Å². The number of rotatable bonds is 2. The lowest BCUT2D eigenvalue weighted by molar-refractivity contribution is -0.0193. The number of fused-ring (bicyclic) bond motifs is 4. The summed E-state index contributed by atoms with van der Waals surface area (Å²) in [5.41, 5.74) is 0.102.